The highest BCUT2D eigenvalue weighted by molar-refractivity contribution is 5.91. The van der Waals surface area contributed by atoms with Crippen molar-refractivity contribution < 1.29 is 63.7 Å². The number of amides is 1. The number of hydrogen-bond donors (Lipinski definition) is 1. The van der Waals surface area contributed by atoms with Gasteiger partial charge in [0.1, 0.15) is 0 Å². The van der Waals surface area contributed by atoms with Crippen LogP contribution in [0.1, 0.15) is 66.3 Å². The Morgan fingerprint density at radius 2 is 1.44 bits per heavy atom. The summed E-state index contributed by atoms with van der Waals surface area (Å²) in [7, 11) is 0. The van der Waals surface area contributed by atoms with Crippen molar-refractivity contribution in [3.8, 4) is 0 Å². The molecule has 1 amide bonds. The predicted molar refractivity (Wildman–Crippen MR) is 125 cm³/mol. The number of fused-ring (bicyclic) bond motifs is 1. The lowest BCUT2D eigenvalue weighted by Crippen LogP contribution is -2.46. The zero-order valence-electron chi connectivity index (χ0n) is 21.5. The largest absolute Gasteiger partial charge is 0.449 e. The first kappa shape index (κ1) is 32.0. The number of hydrogen-bond acceptors (Lipinski definition) is 5. The number of aliphatic hydroxyl groups is 1. The molecule has 0 aliphatic carbocycles. The molecule has 0 unspecified atom stereocenters. The molecular weight excluding hydrogens is 577 g/mol. The lowest BCUT2D eigenvalue weighted by atomic mass is 9.73. The summed E-state index contributed by atoms with van der Waals surface area (Å²) < 4.78 is 133. The van der Waals surface area contributed by atoms with Crippen molar-refractivity contribution in [1.29, 1.82) is 0 Å². The van der Waals surface area contributed by atoms with Crippen LogP contribution in [-0.2, 0) is 32.8 Å². The van der Waals surface area contributed by atoms with E-state index in [0.29, 0.717) is 12.1 Å². The predicted octanol–water partition coefficient (Wildman–Crippen LogP) is 7.25. The van der Waals surface area contributed by atoms with Gasteiger partial charge in [0.15, 0.2) is 6.79 Å². The number of rotatable bonds is 6. The Kier molecular flexibility index (Phi) is 9.20. The van der Waals surface area contributed by atoms with E-state index in [2.05, 4.69) is 4.74 Å². The van der Waals surface area contributed by atoms with E-state index < -0.39 is 77.5 Å². The highest BCUT2D eigenvalue weighted by Gasteiger charge is 2.46. The van der Waals surface area contributed by atoms with E-state index in [1.54, 1.807) is 6.92 Å². The zero-order chi connectivity index (χ0) is 30.9. The Labute approximate surface area is 227 Å². The van der Waals surface area contributed by atoms with Crippen molar-refractivity contribution in [2.24, 2.45) is 0 Å². The first-order chi connectivity index (χ1) is 18.9. The number of carbonyl (C=O) groups excluding carboxylic acids is 2. The van der Waals surface area contributed by atoms with Crippen molar-refractivity contribution in [2.45, 2.75) is 63.1 Å². The van der Waals surface area contributed by atoms with Crippen LogP contribution in [0.15, 0.2) is 36.4 Å². The molecule has 41 heavy (non-hydrogen) atoms. The first-order valence-electron chi connectivity index (χ1n) is 12.2. The maximum atomic E-state index is 13.7. The Hall–Kier alpha value is -3.49. The molecule has 1 aliphatic rings. The molecule has 0 radical (unpaired) electrons. The number of carbonyl (C=O) groups is 2. The summed E-state index contributed by atoms with van der Waals surface area (Å²) in [5.74, 6) is -5.02. The summed E-state index contributed by atoms with van der Waals surface area (Å²) in [5.41, 5.74) is -6.14. The average molecular weight is 601 g/mol. The van der Waals surface area contributed by atoms with Crippen LogP contribution < -0.4 is 4.90 Å². The molecule has 1 heterocycles. The molecule has 6 nitrogen and oxygen atoms in total. The number of anilines is 1. The number of ether oxygens (including phenoxy) is 2. The van der Waals surface area contributed by atoms with Gasteiger partial charge in [-0.2, -0.15) is 39.5 Å². The molecule has 0 aromatic heterocycles. The minimum atomic E-state index is -5.29. The SMILES string of the molecule is CCOC(=O)N1c2ccc(C(F)(F)F)cc2[C@@H]([C@H](C(=O)OCO)c2cc(C(F)(F)F)cc(C(F)(F)F)c2)C[C@H]1CC. The lowest BCUT2D eigenvalue weighted by Gasteiger charge is -2.42. The van der Waals surface area contributed by atoms with Crippen LogP contribution in [0.5, 0.6) is 0 Å². The summed E-state index contributed by atoms with van der Waals surface area (Å²) in [6.07, 6.45) is -16.7. The third kappa shape index (κ3) is 6.88. The van der Waals surface area contributed by atoms with E-state index in [-0.39, 0.29) is 48.9 Å². The molecule has 0 fully saturated rings. The van der Waals surface area contributed by atoms with Crippen LogP contribution >= 0.6 is 0 Å². The molecule has 226 valence electrons. The highest BCUT2D eigenvalue weighted by Crippen LogP contribution is 2.50. The van der Waals surface area contributed by atoms with Crippen LogP contribution in [0.25, 0.3) is 0 Å². The standard InChI is InChI=1S/C26H24F9NO5/c1-3-17-11-19(18-10-14(24(27,28)29)5-6-20(18)36(17)23(39)40-4-2)21(22(38)41-12-37)13-7-15(25(30,31)32)9-16(8-13)26(33,34)35/h5-10,17,19,21,37H,3-4,11-12H2,1-2H3/t17-,19+,21-/m1/s1. The van der Waals surface area contributed by atoms with E-state index in [4.69, 9.17) is 4.74 Å². The fourth-order valence-electron chi connectivity index (χ4n) is 4.92. The molecule has 3 atom stereocenters. The third-order valence-electron chi connectivity index (χ3n) is 6.67. The van der Waals surface area contributed by atoms with E-state index in [1.165, 1.54) is 6.92 Å². The zero-order valence-corrected chi connectivity index (χ0v) is 21.5. The molecule has 1 N–H and O–H groups in total. The summed E-state index contributed by atoms with van der Waals surface area (Å²) >= 11 is 0. The van der Waals surface area contributed by atoms with Gasteiger partial charge in [-0.05, 0) is 67.3 Å². The van der Waals surface area contributed by atoms with E-state index in [9.17, 15) is 54.2 Å². The Balaban J connectivity index is 2.37. The molecule has 2 aromatic rings. The fraction of sp³-hybridized carbons (Fsp3) is 0.462. The summed E-state index contributed by atoms with van der Waals surface area (Å²) in [5, 5.41) is 9.20. The lowest BCUT2D eigenvalue weighted by molar-refractivity contribution is -0.155. The molecule has 1 aliphatic heterocycles. The fourth-order valence-corrected chi connectivity index (χ4v) is 4.92. The van der Waals surface area contributed by atoms with Crippen LogP contribution in [0.4, 0.5) is 50.0 Å². The Bertz CT molecular complexity index is 1240. The van der Waals surface area contributed by atoms with Gasteiger partial charge in [0.25, 0.3) is 0 Å². The number of aliphatic hydroxyl groups excluding tert-OH is 1. The van der Waals surface area contributed by atoms with E-state index >= 15 is 0 Å². The van der Waals surface area contributed by atoms with Gasteiger partial charge in [0.05, 0.1) is 34.9 Å². The van der Waals surface area contributed by atoms with E-state index in [1.807, 2.05) is 0 Å². The van der Waals surface area contributed by atoms with Crippen molar-refractivity contribution in [3.63, 3.8) is 0 Å². The number of nitrogens with zero attached hydrogens (tertiary/aromatic N) is 1. The van der Waals surface area contributed by atoms with Crippen molar-refractivity contribution >= 4 is 17.7 Å². The molecular formula is C26H24F9NO5. The van der Waals surface area contributed by atoms with Crippen LogP contribution in [0.3, 0.4) is 0 Å². The maximum absolute atomic E-state index is 13.7. The molecule has 2 aromatic carbocycles. The molecule has 0 spiro atoms. The number of alkyl halides is 9. The number of benzene rings is 2. The van der Waals surface area contributed by atoms with Crippen molar-refractivity contribution in [1.82, 2.24) is 0 Å². The van der Waals surface area contributed by atoms with Gasteiger partial charge in [-0.1, -0.05) is 6.92 Å². The van der Waals surface area contributed by atoms with Crippen LogP contribution in [-0.4, -0.2) is 36.6 Å². The summed E-state index contributed by atoms with van der Waals surface area (Å²) in [6.45, 7) is 1.64. The van der Waals surface area contributed by atoms with Crippen LogP contribution in [0.2, 0.25) is 0 Å². The second-order valence-electron chi connectivity index (χ2n) is 9.15. The van der Waals surface area contributed by atoms with Gasteiger partial charge < -0.3 is 14.6 Å². The molecule has 3 rings (SSSR count). The van der Waals surface area contributed by atoms with Gasteiger partial charge in [0.2, 0.25) is 0 Å². The molecule has 0 saturated carbocycles. The second-order valence-corrected chi connectivity index (χ2v) is 9.15. The monoisotopic (exact) mass is 601 g/mol. The Morgan fingerprint density at radius 1 is 0.878 bits per heavy atom. The van der Waals surface area contributed by atoms with Crippen molar-refractivity contribution in [2.75, 3.05) is 18.3 Å². The summed E-state index contributed by atoms with van der Waals surface area (Å²) in [6, 6.07) is 1.66. The molecule has 15 heteroatoms. The van der Waals surface area contributed by atoms with E-state index in [0.717, 1.165) is 11.0 Å². The molecule has 0 saturated heterocycles. The van der Waals surface area contributed by atoms with Gasteiger partial charge in [-0.15, -0.1) is 0 Å². The number of esters is 1. The van der Waals surface area contributed by atoms with Gasteiger partial charge in [-0.3, -0.25) is 9.69 Å². The smallest absolute Gasteiger partial charge is 0.416 e. The Morgan fingerprint density at radius 3 is 1.90 bits per heavy atom. The van der Waals surface area contributed by atoms with Gasteiger partial charge in [0, 0.05) is 12.0 Å². The minimum absolute atomic E-state index is 0.110. The maximum Gasteiger partial charge on any atom is 0.416 e. The topological polar surface area (TPSA) is 76.1 Å². The average Bonchev–Trinajstić information content (AvgIpc) is 2.86. The third-order valence-corrected chi connectivity index (χ3v) is 6.67. The normalized spacial score (nSPS) is 18.5. The number of halogens is 9. The highest BCUT2D eigenvalue weighted by atomic mass is 19.4. The van der Waals surface area contributed by atoms with Crippen LogP contribution in [0, 0.1) is 0 Å². The quantitative estimate of drug-likeness (QED) is 0.215. The molecule has 0 bridgehead atoms. The minimum Gasteiger partial charge on any atom is -0.449 e. The van der Waals surface area contributed by atoms with Crippen molar-refractivity contribution in [3.05, 3.63) is 64.2 Å². The second kappa shape index (κ2) is 11.8. The first-order valence-corrected chi connectivity index (χ1v) is 12.2. The van der Waals surface area contributed by atoms with Gasteiger partial charge in [-0.25, -0.2) is 4.79 Å². The van der Waals surface area contributed by atoms with Gasteiger partial charge >= 0.3 is 30.6 Å². The summed E-state index contributed by atoms with van der Waals surface area (Å²) in [4.78, 5) is 26.9.